The Balaban J connectivity index is 1.68. The van der Waals surface area contributed by atoms with Gasteiger partial charge in [0.25, 0.3) is 5.89 Å². The van der Waals surface area contributed by atoms with Crippen molar-refractivity contribution in [2.24, 2.45) is 0 Å². The van der Waals surface area contributed by atoms with Crippen LogP contribution in [0.3, 0.4) is 0 Å². The van der Waals surface area contributed by atoms with Crippen molar-refractivity contribution in [3.8, 4) is 11.5 Å². The number of carbonyl (C=O) groups excluding carboxylic acids is 1. The van der Waals surface area contributed by atoms with E-state index >= 15 is 0 Å². The van der Waals surface area contributed by atoms with Crippen LogP contribution < -0.4 is 5.32 Å². The molecule has 0 aliphatic carbocycles. The Morgan fingerprint density at radius 2 is 1.40 bits per heavy atom. The summed E-state index contributed by atoms with van der Waals surface area (Å²) in [5.74, 6) is -1.90. The Bertz CT molecular complexity index is 1290. The van der Waals surface area contributed by atoms with Crippen molar-refractivity contribution in [1.82, 2.24) is 15.5 Å². The van der Waals surface area contributed by atoms with Gasteiger partial charge in [0.05, 0.1) is 11.6 Å². The molecule has 3 rings (SSSR count). The maximum atomic E-state index is 13.1. The molecule has 0 spiro atoms. The van der Waals surface area contributed by atoms with Gasteiger partial charge in [0, 0.05) is 17.4 Å². The van der Waals surface area contributed by atoms with Crippen LogP contribution in [-0.2, 0) is 27.6 Å². The summed E-state index contributed by atoms with van der Waals surface area (Å²) in [7, 11) is 0. The summed E-state index contributed by atoms with van der Waals surface area (Å²) >= 11 is 0. The average molecular weight is 588 g/mol. The van der Waals surface area contributed by atoms with Crippen LogP contribution in [0, 0.1) is 0 Å². The number of nitrogens with zero attached hydrogens (tertiary/aromatic N) is 2. The fourth-order valence-corrected chi connectivity index (χ4v) is 5.01. The van der Waals surface area contributed by atoms with E-state index in [2.05, 4.69) is 22.4 Å². The molecule has 0 aliphatic heterocycles. The molecule has 42 heavy (non-hydrogen) atoms. The number of carboxylic acids is 1. The first kappa shape index (κ1) is 32.8. The van der Waals surface area contributed by atoms with Gasteiger partial charge in [0.15, 0.2) is 5.82 Å². The minimum absolute atomic E-state index is 0.348. The highest BCUT2D eigenvalue weighted by Gasteiger charge is 2.36. The predicted octanol–water partition coefficient (Wildman–Crippen LogP) is 8.05. The van der Waals surface area contributed by atoms with Gasteiger partial charge < -0.3 is 14.9 Å². The van der Waals surface area contributed by atoms with E-state index in [0.29, 0.717) is 28.4 Å². The van der Waals surface area contributed by atoms with Gasteiger partial charge >= 0.3 is 18.1 Å². The number of aromatic nitrogens is 2. The minimum atomic E-state index is -4.49. The van der Waals surface area contributed by atoms with Gasteiger partial charge in [-0.3, -0.25) is 4.79 Å². The van der Waals surface area contributed by atoms with E-state index < -0.39 is 35.1 Å². The fourth-order valence-electron chi connectivity index (χ4n) is 5.01. The van der Waals surface area contributed by atoms with E-state index in [4.69, 9.17) is 4.52 Å². The molecule has 3 aromatic rings. The first-order chi connectivity index (χ1) is 19.9. The molecule has 228 valence electrons. The van der Waals surface area contributed by atoms with E-state index in [1.165, 1.54) is 57.1 Å². The zero-order valence-corrected chi connectivity index (χ0v) is 24.5. The van der Waals surface area contributed by atoms with Gasteiger partial charge in [-0.05, 0) is 41.8 Å². The zero-order chi connectivity index (χ0) is 30.8. The molecule has 7 nitrogen and oxygen atoms in total. The summed E-state index contributed by atoms with van der Waals surface area (Å²) in [5.41, 5.74) is -0.0559. The third-order valence-electron chi connectivity index (χ3n) is 7.61. The summed E-state index contributed by atoms with van der Waals surface area (Å²) in [5, 5.41) is 15.8. The topological polar surface area (TPSA) is 105 Å². The normalized spacial score (nSPS) is 12.7. The number of hydrogen-bond acceptors (Lipinski definition) is 5. The highest BCUT2D eigenvalue weighted by Crippen LogP contribution is 2.39. The maximum Gasteiger partial charge on any atom is 0.416 e. The smallest absolute Gasteiger partial charge is 0.416 e. The van der Waals surface area contributed by atoms with E-state index in [1.807, 2.05) is 0 Å². The lowest BCUT2D eigenvalue weighted by Crippen LogP contribution is -2.43. The molecular formula is C32H40F3N3O4. The standard InChI is InChI=1S/C32H40F3N3O4/c1-4-5-6-7-8-9-10-11-12-13-26-36-29(42-38-26)23-16-14-22(15-17-23)27(37-28(39)30(40)41)31(2,3)24-18-20-25(21-19-24)32(33,34)35/h14-21,27H,4-13H2,1-3H3,(H,37,39)(H,40,41). The first-order valence-electron chi connectivity index (χ1n) is 14.6. The molecule has 1 amide bonds. The molecule has 1 aromatic heterocycles. The Morgan fingerprint density at radius 3 is 1.95 bits per heavy atom. The van der Waals surface area contributed by atoms with Crippen molar-refractivity contribution < 1.29 is 32.4 Å². The van der Waals surface area contributed by atoms with Gasteiger partial charge in [0.1, 0.15) is 0 Å². The van der Waals surface area contributed by atoms with Crippen molar-refractivity contribution in [2.75, 3.05) is 0 Å². The van der Waals surface area contributed by atoms with Crippen LogP contribution in [0.5, 0.6) is 0 Å². The van der Waals surface area contributed by atoms with Crippen LogP contribution in [0.2, 0.25) is 0 Å². The van der Waals surface area contributed by atoms with E-state index in [1.54, 1.807) is 38.1 Å². The Morgan fingerprint density at radius 1 is 0.857 bits per heavy atom. The number of unbranched alkanes of at least 4 members (excludes halogenated alkanes) is 8. The number of alkyl halides is 3. The Hall–Kier alpha value is -3.69. The van der Waals surface area contributed by atoms with Gasteiger partial charge in [-0.1, -0.05) is 102 Å². The molecule has 2 N–H and O–H groups in total. The molecule has 1 atom stereocenters. The van der Waals surface area contributed by atoms with Gasteiger partial charge in [0.2, 0.25) is 0 Å². The molecule has 2 aromatic carbocycles. The number of carbonyl (C=O) groups is 2. The fraction of sp³-hybridized carbons (Fsp3) is 0.500. The largest absolute Gasteiger partial charge is 0.474 e. The lowest BCUT2D eigenvalue weighted by atomic mass is 9.74. The van der Waals surface area contributed by atoms with E-state index in [0.717, 1.165) is 31.4 Å². The number of aliphatic carboxylic acids is 1. The molecule has 0 bridgehead atoms. The van der Waals surface area contributed by atoms with Crippen molar-refractivity contribution in [3.05, 3.63) is 71.0 Å². The van der Waals surface area contributed by atoms with Crippen molar-refractivity contribution in [3.63, 3.8) is 0 Å². The number of carboxylic acid groups (broad SMARTS) is 1. The number of rotatable bonds is 15. The predicted molar refractivity (Wildman–Crippen MR) is 154 cm³/mol. The molecule has 0 aliphatic rings. The molecule has 0 saturated carbocycles. The van der Waals surface area contributed by atoms with Crippen LogP contribution in [0.4, 0.5) is 13.2 Å². The second-order valence-corrected chi connectivity index (χ2v) is 11.2. The third-order valence-corrected chi connectivity index (χ3v) is 7.61. The Kier molecular flexibility index (Phi) is 11.7. The van der Waals surface area contributed by atoms with Crippen LogP contribution in [0.1, 0.15) is 107 Å². The molecule has 1 unspecified atom stereocenters. The number of amides is 1. The SMILES string of the molecule is CCCCCCCCCCCc1noc(-c2ccc(C(NC(=O)C(=O)O)C(C)(C)c3ccc(C(F)(F)F)cc3)cc2)n1. The van der Waals surface area contributed by atoms with Crippen LogP contribution in [0.15, 0.2) is 53.1 Å². The molecule has 10 heteroatoms. The number of halogens is 3. The highest BCUT2D eigenvalue weighted by atomic mass is 19.4. The number of hydrogen-bond donors (Lipinski definition) is 2. The zero-order valence-electron chi connectivity index (χ0n) is 24.5. The van der Waals surface area contributed by atoms with Gasteiger partial charge in [-0.15, -0.1) is 0 Å². The molecule has 0 radical (unpaired) electrons. The van der Waals surface area contributed by atoms with Crippen LogP contribution in [0.25, 0.3) is 11.5 Å². The molecular weight excluding hydrogens is 547 g/mol. The second kappa shape index (κ2) is 15.0. The Labute approximate surface area is 244 Å². The number of aryl methyl sites for hydroxylation is 1. The summed E-state index contributed by atoms with van der Waals surface area (Å²) in [6.07, 6.45) is 7.25. The summed E-state index contributed by atoms with van der Waals surface area (Å²) in [6.45, 7) is 5.68. The average Bonchev–Trinajstić information content (AvgIpc) is 3.43. The van der Waals surface area contributed by atoms with Crippen molar-refractivity contribution in [1.29, 1.82) is 0 Å². The minimum Gasteiger partial charge on any atom is -0.474 e. The quantitative estimate of drug-likeness (QED) is 0.138. The van der Waals surface area contributed by atoms with E-state index in [9.17, 15) is 27.9 Å². The monoisotopic (exact) mass is 587 g/mol. The molecule has 0 fully saturated rings. The highest BCUT2D eigenvalue weighted by molar-refractivity contribution is 6.31. The van der Waals surface area contributed by atoms with Crippen LogP contribution >= 0.6 is 0 Å². The first-order valence-corrected chi connectivity index (χ1v) is 14.6. The molecule has 1 heterocycles. The second-order valence-electron chi connectivity index (χ2n) is 11.2. The van der Waals surface area contributed by atoms with Crippen molar-refractivity contribution >= 4 is 11.9 Å². The number of nitrogens with one attached hydrogen (secondary N) is 1. The lowest BCUT2D eigenvalue weighted by Gasteiger charge is -2.36. The summed E-state index contributed by atoms with van der Waals surface area (Å²) in [4.78, 5) is 28.0. The van der Waals surface area contributed by atoms with Gasteiger partial charge in [-0.2, -0.15) is 18.2 Å². The van der Waals surface area contributed by atoms with Crippen molar-refractivity contribution in [2.45, 2.75) is 103 Å². The van der Waals surface area contributed by atoms with Gasteiger partial charge in [-0.25, -0.2) is 4.79 Å². The number of benzene rings is 2. The maximum absolute atomic E-state index is 13.1. The summed E-state index contributed by atoms with van der Waals surface area (Å²) in [6, 6.07) is 10.6. The lowest BCUT2D eigenvalue weighted by molar-refractivity contribution is -0.150. The molecule has 0 saturated heterocycles. The third kappa shape index (κ3) is 9.16. The summed E-state index contributed by atoms with van der Waals surface area (Å²) < 4.78 is 44.7. The van der Waals surface area contributed by atoms with Crippen LogP contribution in [-0.4, -0.2) is 27.1 Å². The van der Waals surface area contributed by atoms with E-state index in [-0.39, 0.29) is 0 Å².